The van der Waals surface area contributed by atoms with Gasteiger partial charge in [-0.3, -0.25) is 0 Å². The zero-order valence-corrected chi connectivity index (χ0v) is 8.25. The molecule has 6 heteroatoms. The summed E-state index contributed by atoms with van der Waals surface area (Å²) in [6.07, 6.45) is -4.36. The average Bonchev–Trinajstić information content (AvgIpc) is 2.04. The van der Waals surface area contributed by atoms with E-state index < -0.39 is 11.9 Å². The molecule has 0 saturated carbocycles. The number of nitrogens with one attached hydrogen (secondary N) is 1. The number of hydrogen-bond donors (Lipinski definition) is 1. The lowest BCUT2D eigenvalue weighted by molar-refractivity contribution is -0.141. The van der Waals surface area contributed by atoms with Gasteiger partial charge in [-0.2, -0.15) is 13.2 Å². The van der Waals surface area contributed by atoms with Gasteiger partial charge in [-0.25, -0.2) is 4.98 Å². The Morgan fingerprint density at radius 1 is 1.36 bits per heavy atom. The highest BCUT2D eigenvalue weighted by atomic mass is 35.5. The molecule has 0 saturated heterocycles. The first-order chi connectivity index (χ1) is 6.04. The normalized spacial score (nSPS) is 10.9. The molecule has 0 aliphatic carbocycles. The number of halogens is 4. The third-order valence-electron chi connectivity index (χ3n) is 1.46. The van der Waals surface area contributed by atoms with Gasteiger partial charge in [0.15, 0.2) is 0 Å². The van der Waals surface area contributed by atoms with Gasteiger partial charge >= 0.3 is 6.18 Å². The number of nitrogens with zero attached hydrogens (tertiary/aromatic N) is 1. The van der Waals surface area contributed by atoms with E-state index in [2.05, 4.69) is 10.3 Å². The highest BCUT2D eigenvalue weighted by Crippen LogP contribution is 2.27. The Labute approximate surface area is 85.9 Å². The molecular weight excluding hydrogens is 217 g/mol. The third kappa shape index (κ3) is 3.51. The summed E-state index contributed by atoms with van der Waals surface area (Å²) in [5.41, 5.74) is -0.461. The quantitative estimate of drug-likeness (QED) is 0.837. The van der Waals surface area contributed by atoms with Crippen molar-refractivity contribution in [2.24, 2.45) is 0 Å². The standard InChI is InChI=1S/C8H9F3N2.ClH/c1-12-5-6-3-2-4-7(13-6)8(9,10)11;/h2-4,12H,5H2,1H3;1H. The Kier molecular flexibility index (Phi) is 4.87. The molecule has 0 fully saturated rings. The molecule has 0 amide bonds. The van der Waals surface area contributed by atoms with Gasteiger partial charge in [-0.1, -0.05) is 6.07 Å². The molecule has 80 valence electrons. The fourth-order valence-corrected chi connectivity index (χ4v) is 0.917. The van der Waals surface area contributed by atoms with Gasteiger partial charge in [0, 0.05) is 6.54 Å². The van der Waals surface area contributed by atoms with E-state index in [9.17, 15) is 13.2 Å². The molecule has 1 N–H and O–H groups in total. The summed E-state index contributed by atoms with van der Waals surface area (Å²) in [7, 11) is 1.65. The molecule has 0 atom stereocenters. The zero-order valence-electron chi connectivity index (χ0n) is 7.43. The van der Waals surface area contributed by atoms with E-state index in [1.165, 1.54) is 6.07 Å². The SMILES string of the molecule is CNCc1cccc(C(F)(F)F)n1.Cl. The minimum absolute atomic E-state index is 0. The van der Waals surface area contributed by atoms with Crippen LogP contribution < -0.4 is 5.32 Å². The van der Waals surface area contributed by atoms with Crippen molar-refractivity contribution < 1.29 is 13.2 Å². The van der Waals surface area contributed by atoms with Crippen molar-refractivity contribution in [1.29, 1.82) is 0 Å². The second kappa shape index (κ2) is 5.17. The number of hydrogen-bond acceptors (Lipinski definition) is 2. The minimum Gasteiger partial charge on any atom is -0.314 e. The van der Waals surface area contributed by atoms with Crippen LogP contribution in [-0.4, -0.2) is 12.0 Å². The molecule has 1 heterocycles. The predicted molar refractivity (Wildman–Crippen MR) is 49.3 cm³/mol. The van der Waals surface area contributed by atoms with Crippen molar-refractivity contribution in [3.63, 3.8) is 0 Å². The van der Waals surface area contributed by atoms with Crippen molar-refractivity contribution in [2.45, 2.75) is 12.7 Å². The molecule has 1 rings (SSSR count). The lowest BCUT2D eigenvalue weighted by Crippen LogP contribution is -2.12. The van der Waals surface area contributed by atoms with E-state index in [0.717, 1.165) is 6.07 Å². The molecule has 1 aromatic heterocycles. The van der Waals surface area contributed by atoms with Crippen molar-refractivity contribution in [1.82, 2.24) is 10.3 Å². The van der Waals surface area contributed by atoms with Crippen LogP contribution in [0, 0.1) is 0 Å². The third-order valence-corrected chi connectivity index (χ3v) is 1.46. The Balaban J connectivity index is 0.00000169. The number of pyridine rings is 1. The monoisotopic (exact) mass is 226 g/mol. The maximum atomic E-state index is 12.1. The Morgan fingerprint density at radius 2 is 2.00 bits per heavy atom. The van der Waals surface area contributed by atoms with Gasteiger partial charge in [0.05, 0.1) is 5.69 Å². The lowest BCUT2D eigenvalue weighted by atomic mass is 10.3. The maximum absolute atomic E-state index is 12.1. The topological polar surface area (TPSA) is 24.9 Å². The van der Waals surface area contributed by atoms with E-state index in [4.69, 9.17) is 0 Å². The second-order valence-electron chi connectivity index (χ2n) is 2.54. The van der Waals surface area contributed by atoms with E-state index in [-0.39, 0.29) is 12.4 Å². The van der Waals surface area contributed by atoms with Crippen LogP contribution in [-0.2, 0) is 12.7 Å². The first-order valence-electron chi connectivity index (χ1n) is 3.72. The largest absolute Gasteiger partial charge is 0.433 e. The summed E-state index contributed by atoms with van der Waals surface area (Å²) in [5.74, 6) is 0. The van der Waals surface area contributed by atoms with Crippen LogP contribution in [0.25, 0.3) is 0 Å². The van der Waals surface area contributed by atoms with Crippen molar-refractivity contribution in [3.8, 4) is 0 Å². The molecule has 0 aliphatic heterocycles. The highest BCUT2D eigenvalue weighted by molar-refractivity contribution is 5.85. The maximum Gasteiger partial charge on any atom is 0.433 e. The molecule has 0 radical (unpaired) electrons. The molecule has 0 bridgehead atoms. The van der Waals surface area contributed by atoms with Gasteiger partial charge < -0.3 is 5.32 Å². The van der Waals surface area contributed by atoms with E-state index in [1.54, 1.807) is 13.1 Å². The van der Waals surface area contributed by atoms with Crippen LogP contribution in [0.5, 0.6) is 0 Å². The van der Waals surface area contributed by atoms with E-state index >= 15 is 0 Å². The van der Waals surface area contributed by atoms with Crippen molar-refractivity contribution in [3.05, 3.63) is 29.6 Å². The summed E-state index contributed by atoms with van der Waals surface area (Å²) >= 11 is 0. The molecule has 2 nitrogen and oxygen atoms in total. The van der Waals surface area contributed by atoms with E-state index in [1.807, 2.05) is 0 Å². The van der Waals surface area contributed by atoms with Crippen LogP contribution >= 0.6 is 12.4 Å². The summed E-state index contributed by atoms with van der Waals surface area (Å²) in [4.78, 5) is 3.45. The number of aromatic nitrogens is 1. The Hall–Kier alpha value is -0.810. The molecule has 0 aliphatic rings. The smallest absolute Gasteiger partial charge is 0.314 e. The summed E-state index contributed by atoms with van der Waals surface area (Å²) < 4.78 is 36.4. The molecule has 1 aromatic rings. The predicted octanol–water partition coefficient (Wildman–Crippen LogP) is 2.24. The van der Waals surface area contributed by atoms with Crippen molar-refractivity contribution >= 4 is 12.4 Å². The van der Waals surface area contributed by atoms with Gasteiger partial charge in [0.1, 0.15) is 5.69 Å². The molecular formula is C8H10ClF3N2. The summed E-state index contributed by atoms with van der Waals surface area (Å²) in [6.45, 7) is 0.337. The molecule has 0 spiro atoms. The van der Waals surface area contributed by atoms with Crippen LogP contribution in [0.15, 0.2) is 18.2 Å². The van der Waals surface area contributed by atoms with Gasteiger partial charge in [-0.05, 0) is 19.2 Å². The van der Waals surface area contributed by atoms with Crippen LogP contribution in [0.4, 0.5) is 13.2 Å². The number of rotatable bonds is 2. The number of alkyl halides is 3. The Morgan fingerprint density at radius 3 is 2.50 bits per heavy atom. The van der Waals surface area contributed by atoms with Gasteiger partial charge in [-0.15, -0.1) is 12.4 Å². The molecule has 14 heavy (non-hydrogen) atoms. The molecule has 0 aromatic carbocycles. The zero-order chi connectivity index (χ0) is 9.90. The minimum atomic E-state index is -4.36. The van der Waals surface area contributed by atoms with Crippen LogP contribution in [0.1, 0.15) is 11.4 Å². The summed E-state index contributed by atoms with van der Waals surface area (Å²) in [6, 6.07) is 3.85. The Bertz CT molecular complexity index is 288. The van der Waals surface area contributed by atoms with Gasteiger partial charge in [0.2, 0.25) is 0 Å². The first kappa shape index (κ1) is 13.2. The lowest BCUT2D eigenvalue weighted by Gasteiger charge is -2.06. The second-order valence-corrected chi connectivity index (χ2v) is 2.54. The average molecular weight is 227 g/mol. The highest BCUT2D eigenvalue weighted by Gasteiger charge is 2.32. The van der Waals surface area contributed by atoms with Crippen LogP contribution in [0.2, 0.25) is 0 Å². The van der Waals surface area contributed by atoms with E-state index in [0.29, 0.717) is 12.2 Å². The fraction of sp³-hybridized carbons (Fsp3) is 0.375. The molecule has 0 unspecified atom stereocenters. The fourth-order valence-electron chi connectivity index (χ4n) is 0.917. The van der Waals surface area contributed by atoms with Crippen LogP contribution in [0.3, 0.4) is 0 Å². The van der Waals surface area contributed by atoms with Crippen molar-refractivity contribution in [2.75, 3.05) is 7.05 Å². The van der Waals surface area contributed by atoms with Gasteiger partial charge in [0.25, 0.3) is 0 Å². The first-order valence-corrected chi connectivity index (χ1v) is 3.72. The summed E-state index contributed by atoms with van der Waals surface area (Å²) in [5, 5.41) is 2.73.